The quantitative estimate of drug-likeness (QED) is 0.621. The molecule has 0 spiro atoms. The highest BCUT2D eigenvalue weighted by molar-refractivity contribution is 6.20. The molecule has 0 heterocycles. The maximum Gasteiger partial charge on any atom is 0.0585 e. The Morgan fingerprint density at radius 1 is 0.895 bits per heavy atom. The fraction of sp³-hybridized carbons (Fsp3) is 0.333. The third kappa shape index (κ3) is 3.84. The summed E-state index contributed by atoms with van der Waals surface area (Å²) in [4.78, 5) is 0. The van der Waals surface area contributed by atoms with Gasteiger partial charge in [-0.25, -0.2) is 0 Å². The molecule has 0 aliphatic rings. The second kappa shape index (κ2) is 6.77. The smallest absolute Gasteiger partial charge is 0.0585 e. The van der Waals surface area contributed by atoms with Gasteiger partial charge in [0.15, 0.2) is 0 Å². The van der Waals surface area contributed by atoms with Crippen molar-refractivity contribution in [1.82, 2.24) is 0 Å². The Kier molecular flexibility index (Phi) is 5.04. The summed E-state index contributed by atoms with van der Waals surface area (Å²) in [5.41, 5.74) is 5.50. The van der Waals surface area contributed by atoms with Crippen molar-refractivity contribution in [3.05, 3.63) is 70.8 Å². The lowest BCUT2D eigenvalue weighted by Gasteiger charge is -2.12. The van der Waals surface area contributed by atoms with Crippen LogP contribution in [0, 0.1) is 13.8 Å². The highest BCUT2D eigenvalue weighted by atomic mass is 35.5. The van der Waals surface area contributed by atoms with Gasteiger partial charge in [-0.3, -0.25) is 0 Å². The van der Waals surface area contributed by atoms with Gasteiger partial charge >= 0.3 is 0 Å². The summed E-state index contributed by atoms with van der Waals surface area (Å²) in [6, 6.07) is 16.9. The molecule has 0 saturated heterocycles. The van der Waals surface area contributed by atoms with Crippen LogP contribution < -0.4 is 0 Å². The molecule has 0 N–H and O–H groups in total. The van der Waals surface area contributed by atoms with E-state index in [4.69, 9.17) is 11.6 Å². The van der Waals surface area contributed by atoms with Gasteiger partial charge in [0.1, 0.15) is 0 Å². The molecule has 100 valence electrons. The second-order valence-corrected chi connectivity index (χ2v) is 5.67. The van der Waals surface area contributed by atoms with E-state index >= 15 is 0 Å². The van der Waals surface area contributed by atoms with E-state index in [1.807, 2.05) is 6.07 Å². The number of aryl methyl sites for hydroxylation is 2. The summed E-state index contributed by atoms with van der Waals surface area (Å²) in [6.45, 7) is 4.38. The van der Waals surface area contributed by atoms with E-state index in [1.54, 1.807) is 0 Å². The molecule has 2 aromatic carbocycles. The van der Waals surface area contributed by atoms with Crippen LogP contribution in [-0.2, 0) is 6.42 Å². The van der Waals surface area contributed by atoms with Crippen LogP contribution in [0.4, 0.5) is 0 Å². The van der Waals surface area contributed by atoms with E-state index in [2.05, 4.69) is 56.3 Å². The van der Waals surface area contributed by atoms with Crippen LogP contribution in [0.3, 0.4) is 0 Å². The fourth-order valence-electron chi connectivity index (χ4n) is 2.53. The molecule has 0 bridgehead atoms. The van der Waals surface area contributed by atoms with Gasteiger partial charge in [0.05, 0.1) is 5.38 Å². The van der Waals surface area contributed by atoms with Gasteiger partial charge in [-0.2, -0.15) is 0 Å². The summed E-state index contributed by atoms with van der Waals surface area (Å²) in [5, 5.41) is 0.130. The minimum Gasteiger partial charge on any atom is -0.118 e. The molecule has 0 aliphatic heterocycles. The van der Waals surface area contributed by atoms with E-state index in [0.29, 0.717) is 0 Å². The largest absolute Gasteiger partial charge is 0.118 e. The highest BCUT2D eigenvalue weighted by Gasteiger charge is 2.08. The molecule has 1 unspecified atom stereocenters. The van der Waals surface area contributed by atoms with E-state index in [1.165, 1.54) is 22.3 Å². The zero-order chi connectivity index (χ0) is 13.7. The van der Waals surface area contributed by atoms with E-state index in [-0.39, 0.29) is 5.38 Å². The van der Waals surface area contributed by atoms with Crippen LogP contribution in [-0.4, -0.2) is 0 Å². The molecule has 0 aliphatic carbocycles. The Hall–Kier alpha value is -1.27. The van der Waals surface area contributed by atoms with Gasteiger partial charge in [-0.15, -0.1) is 11.6 Å². The molecule has 2 rings (SSSR count). The normalized spacial score (nSPS) is 12.4. The van der Waals surface area contributed by atoms with Crippen molar-refractivity contribution in [1.29, 1.82) is 0 Å². The Balaban J connectivity index is 1.90. The first-order valence-electron chi connectivity index (χ1n) is 6.92. The summed E-state index contributed by atoms with van der Waals surface area (Å²) < 4.78 is 0. The fourth-order valence-corrected chi connectivity index (χ4v) is 2.83. The molecule has 1 atom stereocenters. The number of benzene rings is 2. The first-order valence-corrected chi connectivity index (χ1v) is 7.36. The van der Waals surface area contributed by atoms with Crippen molar-refractivity contribution in [2.75, 3.05) is 0 Å². The van der Waals surface area contributed by atoms with Crippen molar-refractivity contribution in [3.63, 3.8) is 0 Å². The third-order valence-electron chi connectivity index (χ3n) is 3.69. The summed E-state index contributed by atoms with van der Waals surface area (Å²) in [7, 11) is 0. The van der Waals surface area contributed by atoms with Crippen LogP contribution in [0.5, 0.6) is 0 Å². The van der Waals surface area contributed by atoms with Gasteiger partial charge in [0, 0.05) is 0 Å². The van der Waals surface area contributed by atoms with Crippen LogP contribution in [0.15, 0.2) is 48.5 Å². The zero-order valence-electron chi connectivity index (χ0n) is 11.7. The number of alkyl halides is 1. The molecule has 0 amide bonds. The molecule has 2 aromatic rings. The van der Waals surface area contributed by atoms with E-state index in [0.717, 1.165) is 19.3 Å². The molecule has 19 heavy (non-hydrogen) atoms. The Morgan fingerprint density at radius 2 is 1.53 bits per heavy atom. The molecule has 0 radical (unpaired) electrons. The van der Waals surface area contributed by atoms with Crippen LogP contribution in [0.2, 0.25) is 0 Å². The summed E-state index contributed by atoms with van der Waals surface area (Å²) in [5.74, 6) is 0. The number of rotatable bonds is 5. The maximum atomic E-state index is 6.45. The maximum absolute atomic E-state index is 6.45. The number of halogens is 1. The van der Waals surface area contributed by atoms with Crippen LogP contribution in [0.1, 0.15) is 40.5 Å². The first kappa shape index (κ1) is 14.1. The standard InChI is InChI=1S/C18H21Cl/c1-14-8-6-9-15(2)17(14)12-7-13-18(19)16-10-4-3-5-11-16/h3-6,8-11,18H,7,12-13H2,1-2H3. The topological polar surface area (TPSA) is 0 Å². The number of hydrogen-bond donors (Lipinski definition) is 0. The molecule has 0 saturated carbocycles. The monoisotopic (exact) mass is 272 g/mol. The lowest BCUT2D eigenvalue weighted by atomic mass is 9.96. The summed E-state index contributed by atoms with van der Waals surface area (Å²) in [6.07, 6.45) is 3.28. The lowest BCUT2D eigenvalue weighted by Crippen LogP contribution is -1.96. The van der Waals surface area contributed by atoms with Crippen molar-refractivity contribution >= 4 is 11.6 Å². The Morgan fingerprint density at radius 3 is 2.16 bits per heavy atom. The predicted octanol–water partition coefficient (Wildman–Crippen LogP) is 5.61. The number of hydrogen-bond acceptors (Lipinski definition) is 0. The van der Waals surface area contributed by atoms with Crippen LogP contribution in [0.25, 0.3) is 0 Å². The average Bonchev–Trinajstić information content (AvgIpc) is 2.43. The molecule has 0 aromatic heterocycles. The lowest BCUT2D eigenvalue weighted by molar-refractivity contribution is 0.712. The van der Waals surface area contributed by atoms with Gasteiger partial charge in [0.25, 0.3) is 0 Å². The molecule has 0 nitrogen and oxygen atoms in total. The van der Waals surface area contributed by atoms with Crippen molar-refractivity contribution in [2.24, 2.45) is 0 Å². The zero-order valence-corrected chi connectivity index (χ0v) is 12.5. The van der Waals surface area contributed by atoms with E-state index in [9.17, 15) is 0 Å². The van der Waals surface area contributed by atoms with Crippen molar-refractivity contribution in [2.45, 2.75) is 38.5 Å². The first-order chi connectivity index (χ1) is 9.18. The third-order valence-corrected chi connectivity index (χ3v) is 4.16. The van der Waals surface area contributed by atoms with Gasteiger partial charge in [-0.1, -0.05) is 48.5 Å². The predicted molar refractivity (Wildman–Crippen MR) is 83.9 cm³/mol. The van der Waals surface area contributed by atoms with Gasteiger partial charge in [0.2, 0.25) is 0 Å². The highest BCUT2D eigenvalue weighted by Crippen LogP contribution is 2.26. The van der Waals surface area contributed by atoms with Crippen molar-refractivity contribution < 1.29 is 0 Å². The molecular weight excluding hydrogens is 252 g/mol. The van der Waals surface area contributed by atoms with Gasteiger partial charge < -0.3 is 0 Å². The van der Waals surface area contributed by atoms with Crippen LogP contribution >= 0.6 is 11.6 Å². The minimum absolute atomic E-state index is 0.130. The van der Waals surface area contributed by atoms with E-state index < -0.39 is 0 Å². The summed E-state index contributed by atoms with van der Waals surface area (Å²) >= 11 is 6.45. The molecular formula is C18H21Cl. The molecule has 0 fully saturated rings. The molecule has 1 heteroatoms. The Labute approximate surface area is 121 Å². The average molecular weight is 273 g/mol. The minimum atomic E-state index is 0.130. The second-order valence-electron chi connectivity index (χ2n) is 5.14. The van der Waals surface area contributed by atoms with Crippen molar-refractivity contribution in [3.8, 4) is 0 Å². The Bertz CT molecular complexity index is 496. The SMILES string of the molecule is Cc1cccc(C)c1CCCC(Cl)c1ccccc1. The van der Waals surface area contributed by atoms with Gasteiger partial charge in [-0.05, 0) is 55.4 Å².